The molecule has 0 bridgehead atoms. The average molecular weight is 509 g/mol. The largest absolute Gasteiger partial charge is 0.454 e. The summed E-state index contributed by atoms with van der Waals surface area (Å²) in [5.41, 5.74) is 2.15. The van der Waals surface area contributed by atoms with Crippen LogP contribution in [0.2, 0.25) is 10.0 Å². The van der Waals surface area contributed by atoms with E-state index < -0.39 is 0 Å². The van der Waals surface area contributed by atoms with E-state index in [0.717, 1.165) is 63.2 Å². The molecule has 0 aliphatic carbocycles. The van der Waals surface area contributed by atoms with Crippen LogP contribution in [0.5, 0.6) is 23.0 Å². The number of fused-ring (bicyclic) bond motifs is 2. The molecule has 1 N–H and O–H groups in total. The van der Waals surface area contributed by atoms with Gasteiger partial charge in [-0.2, -0.15) is 0 Å². The topological polar surface area (TPSA) is 63.6 Å². The molecule has 0 spiro atoms. The van der Waals surface area contributed by atoms with Crippen LogP contribution in [0.1, 0.15) is 30.9 Å². The van der Waals surface area contributed by atoms with Gasteiger partial charge in [-0.1, -0.05) is 23.2 Å². The van der Waals surface area contributed by atoms with Crippen LogP contribution >= 0.6 is 23.2 Å². The third-order valence-corrected chi connectivity index (χ3v) is 7.09. The van der Waals surface area contributed by atoms with E-state index in [-0.39, 0.29) is 19.7 Å². The fraction of sp³-hybridized carbons (Fsp3) is 0.520. The van der Waals surface area contributed by atoms with Crippen LogP contribution < -0.4 is 18.9 Å². The van der Waals surface area contributed by atoms with Crippen molar-refractivity contribution >= 4 is 23.2 Å². The average Bonchev–Trinajstić information content (AvgIpc) is 3.45. The van der Waals surface area contributed by atoms with Crippen molar-refractivity contribution in [2.45, 2.75) is 39.0 Å². The summed E-state index contributed by atoms with van der Waals surface area (Å²) in [4.78, 5) is 4.78. The van der Waals surface area contributed by atoms with Gasteiger partial charge in [-0.25, -0.2) is 0 Å². The van der Waals surface area contributed by atoms with E-state index in [1.807, 2.05) is 31.2 Å². The third kappa shape index (κ3) is 5.50. The second-order valence-electron chi connectivity index (χ2n) is 9.39. The summed E-state index contributed by atoms with van der Waals surface area (Å²) in [5.74, 6) is 3.19. The lowest BCUT2D eigenvalue weighted by molar-refractivity contribution is 0.0875. The first-order valence-electron chi connectivity index (χ1n) is 11.7. The number of hydrogen-bond acceptors (Lipinski definition) is 7. The second-order valence-corrected chi connectivity index (χ2v) is 10.2. The van der Waals surface area contributed by atoms with Crippen molar-refractivity contribution in [1.29, 1.82) is 0 Å². The van der Waals surface area contributed by atoms with Gasteiger partial charge in [0.25, 0.3) is 0 Å². The number of benzene rings is 2. The molecule has 7 nitrogen and oxygen atoms in total. The van der Waals surface area contributed by atoms with Gasteiger partial charge in [0.2, 0.25) is 13.6 Å². The summed E-state index contributed by atoms with van der Waals surface area (Å²) in [6, 6.07) is 7.94. The summed E-state index contributed by atoms with van der Waals surface area (Å²) in [6.07, 6.45) is 1.92. The van der Waals surface area contributed by atoms with E-state index >= 15 is 0 Å². The molecular weight excluding hydrogens is 479 g/mol. The summed E-state index contributed by atoms with van der Waals surface area (Å²) >= 11 is 12.9. The maximum Gasteiger partial charge on any atom is 0.231 e. The van der Waals surface area contributed by atoms with Crippen molar-refractivity contribution < 1.29 is 24.1 Å². The van der Waals surface area contributed by atoms with Crippen LogP contribution in [0.3, 0.4) is 0 Å². The Balaban J connectivity index is 1.32. The van der Waals surface area contributed by atoms with Crippen LogP contribution in [-0.2, 0) is 13.1 Å². The number of likely N-dealkylation sites (tertiary alicyclic amines) is 1. The fourth-order valence-corrected chi connectivity index (χ4v) is 5.59. The molecule has 1 atom stereocenters. The molecule has 0 saturated carbocycles. The predicted octanol–water partition coefficient (Wildman–Crippen LogP) is 4.55. The van der Waals surface area contributed by atoms with E-state index in [4.69, 9.17) is 42.1 Å². The highest BCUT2D eigenvalue weighted by Crippen LogP contribution is 2.41. The minimum atomic E-state index is -0.292. The first-order valence-corrected chi connectivity index (χ1v) is 12.5. The van der Waals surface area contributed by atoms with Crippen molar-refractivity contribution in [3.05, 3.63) is 45.4 Å². The Kier molecular flexibility index (Phi) is 7.27. The van der Waals surface area contributed by atoms with Gasteiger partial charge in [0.1, 0.15) is 0 Å². The van der Waals surface area contributed by atoms with Gasteiger partial charge in [0.05, 0.1) is 16.1 Å². The Morgan fingerprint density at radius 3 is 1.94 bits per heavy atom. The Morgan fingerprint density at radius 1 is 0.912 bits per heavy atom. The van der Waals surface area contributed by atoms with Gasteiger partial charge in [0, 0.05) is 26.2 Å². The Labute approximate surface area is 210 Å². The number of halogens is 2. The third-order valence-electron chi connectivity index (χ3n) is 6.53. The molecule has 2 aromatic carbocycles. The monoisotopic (exact) mass is 508 g/mol. The lowest BCUT2D eigenvalue weighted by Crippen LogP contribution is -2.41. The molecule has 2 aromatic rings. The first-order chi connectivity index (χ1) is 16.4. The number of ether oxygens (including phenoxy) is 4. The molecule has 1 unspecified atom stereocenters. The molecule has 3 heterocycles. The highest BCUT2D eigenvalue weighted by Gasteiger charge is 2.25. The molecule has 1 saturated heterocycles. The normalized spacial score (nSPS) is 18.6. The number of rotatable bonds is 8. The number of aliphatic hydroxyl groups is 1. The number of nitrogens with zero attached hydrogens (tertiary/aromatic N) is 2. The van der Waals surface area contributed by atoms with Gasteiger partial charge >= 0.3 is 0 Å². The molecule has 5 rings (SSSR count). The quantitative estimate of drug-likeness (QED) is 0.561. The molecule has 9 heteroatoms. The fourth-order valence-electron chi connectivity index (χ4n) is 5.02. The van der Waals surface area contributed by atoms with E-state index in [9.17, 15) is 5.11 Å². The van der Waals surface area contributed by atoms with Gasteiger partial charge in [-0.3, -0.25) is 4.90 Å². The molecule has 0 amide bonds. The SMILES string of the molecule is CC(O)CN1CCC(CN(Cc2cc(Cl)c3c(c2)OCO3)Cc2cc(Cl)c3c(c2)OCO3)CC1. The number of aliphatic hydroxyl groups excluding tert-OH is 1. The summed E-state index contributed by atoms with van der Waals surface area (Å²) in [6.45, 7) is 7.38. The summed E-state index contributed by atoms with van der Waals surface area (Å²) < 4.78 is 22.1. The minimum absolute atomic E-state index is 0.197. The van der Waals surface area contributed by atoms with Crippen LogP contribution in [0.4, 0.5) is 0 Å². The van der Waals surface area contributed by atoms with Gasteiger partial charge in [-0.15, -0.1) is 0 Å². The van der Waals surface area contributed by atoms with Crippen molar-refractivity contribution in [3.8, 4) is 23.0 Å². The van der Waals surface area contributed by atoms with Crippen LogP contribution in [-0.4, -0.2) is 60.8 Å². The predicted molar refractivity (Wildman–Crippen MR) is 130 cm³/mol. The molecular formula is C25H30Cl2N2O5. The van der Waals surface area contributed by atoms with Crippen LogP contribution in [0, 0.1) is 5.92 Å². The lowest BCUT2D eigenvalue weighted by Gasteiger charge is -2.35. The van der Waals surface area contributed by atoms with E-state index in [1.165, 1.54) is 0 Å². The highest BCUT2D eigenvalue weighted by molar-refractivity contribution is 6.32. The van der Waals surface area contributed by atoms with Crippen molar-refractivity contribution in [2.24, 2.45) is 5.92 Å². The standard InChI is InChI=1S/C25H30Cl2N2O5/c1-16(30)10-28-4-2-17(3-5-28)11-29(12-18-6-20(26)24-22(8-18)31-14-33-24)13-19-7-21(27)25-23(9-19)32-15-34-25/h6-9,16-17,30H,2-5,10-15H2,1H3. The Morgan fingerprint density at radius 2 is 1.44 bits per heavy atom. The van der Waals surface area contributed by atoms with Crippen molar-refractivity contribution in [3.63, 3.8) is 0 Å². The highest BCUT2D eigenvalue weighted by atomic mass is 35.5. The van der Waals surface area contributed by atoms with Gasteiger partial charge < -0.3 is 29.0 Å². The molecule has 184 valence electrons. The van der Waals surface area contributed by atoms with E-state index in [0.29, 0.717) is 39.0 Å². The Hall–Kier alpha value is -1.90. The molecule has 34 heavy (non-hydrogen) atoms. The smallest absolute Gasteiger partial charge is 0.231 e. The minimum Gasteiger partial charge on any atom is -0.454 e. The first kappa shape index (κ1) is 23.8. The van der Waals surface area contributed by atoms with E-state index in [1.54, 1.807) is 0 Å². The molecule has 0 radical (unpaired) electrons. The van der Waals surface area contributed by atoms with Gasteiger partial charge in [-0.05, 0) is 74.2 Å². The van der Waals surface area contributed by atoms with Crippen molar-refractivity contribution in [2.75, 3.05) is 39.8 Å². The number of hydrogen-bond donors (Lipinski definition) is 1. The molecule has 3 aliphatic rings. The Bertz CT molecular complexity index is 961. The van der Waals surface area contributed by atoms with Crippen LogP contribution in [0.25, 0.3) is 0 Å². The molecule has 1 fully saturated rings. The second kappa shape index (κ2) is 10.4. The number of piperidine rings is 1. The maximum absolute atomic E-state index is 9.71. The van der Waals surface area contributed by atoms with Gasteiger partial charge in [0.15, 0.2) is 23.0 Å². The number of β-amino-alcohol motifs (C(OH)–C–C–N with tert-alkyl or cyclic N) is 1. The lowest BCUT2D eigenvalue weighted by atomic mass is 9.95. The van der Waals surface area contributed by atoms with E-state index in [2.05, 4.69) is 9.80 Å². The summed E-state index contributed by atoms with van der Waals surface area (Å²) in [7, 11) is 0. The zero-order valence-electron chi connectivity index (χ0n) is 19.3. The van der Waals surface area contributed by atoms with Crippen molar-refractivity contribution in [1.82, 2.24) is 9.80 Å². The maximum atomic E-state index is 9.71. The van der Waals surface area contributed by atoms with Crippen LogP contribution in [0.15, 0.2) is 24.3 Å². The zero-order valence-corrected chi connectivity index (χ0v) is 20.8. The molecule has 3 aliphatic heterocycles. The summed E-state index contributed by atoms with van der Waals surface area (Å²) in [5, 5.41) is 10.9. The molecule has 0 aromatic heterocycles. The zero-order chi connectivity index (χ0) is 23.7.